The number of nitro benzene ring substituents is 1. The van der Waals surface area contributed by atoms with Gasteiger partial charge in [-0.15, -0.1) is 0 Å². The van der Waals surface area contributed by atoms with E-state index < -0.39 is 25.5 Å². The van der Waals surface area contributed by atoms with Crippen molar-refractivity contribution in [3.63, 3.8) is 0 Å². The number of unbranched alkanes of at least 4 members (excludes halogenated alkanes) is 2. The van der Waals surface area contributed by atoms with Crippen molar-refractivity contribution in [2.45, 2.75) is 56.9 Å². The minimum Gasteiger partial charge on any atom is -0.353 e. The molecule has 0 aromatic heterocycles. The van der Waals surface area contributed by atoms with Gasteiger partial charge in [-0.2, -0.15) is 0 Å². The number of nitrogens with one attached hydrogen (secondary N) is 2. The zero-order valence-corrected chi connectivity index (χ0v) is 17.9. The lowest BCUT2D eigenvalue weighted by molar-refractivity contribution is -0.387. The maximum absolute atomic E-state index is 12.5. The number of carbonyl (C=O) groups is 1. The lowest BCUT2D eigenvalue weighted by atomic mass is 10.1. The predicted molar refractivity (Wildman–Crippen MR) is 116 cm³/mol. The molecule has 1 amide bonds. The molecule has 162 valence electrons. The Bertz CT molecular complexity index is 974. The van der Waals surface area contributed by atoms with Gasteiger partial charge in [-0.05, 0) is 37.1 Å². The van der Waals surface area contributed by atoms with Crippen LogP contribution in [-0.4, -0.2) is 25.3 Å². The van der Waals surface area contributed by atoms with Crippen molar-refractivity contribution in [3.05, 3.63) is 64.2 Å². The number of hydrogen-bond donors (Lipinski definition) is 2. The van der Waals surface area contributed by atoms with E-state index in [4.69, 9.17) is 0 Å². The lowest BCUT2D eigenvalue weighted by Gasteiger charge is -2.14. The second-order valence-electron chi connectivity index (χ2n) is 7.17. The Morgan fingerprint density at radius 2 is 1.77 bits per heavy atom. The third-order valence-electron chi connectivity index (χ3n) is 4.57. The van der Waals surface area contributed by atoms with Gasteiger partial charge in [-0.25, -0.2) is 8.42 Å². The number of carbonyl (C=O) groups excluding carboxylic acids is 1. The number of para-hydroxylation sites is 1. The summed E-state index contributed by atoms with van der Waals surface area (Å²) >= 11 is 0. The highest BCUT2D eigenvalue weighted by molar-refractivity contribution is 7.92. The van der Waals surface area contributed by atoms with Crippen LogP contribution >= 0.6 is 0 Å². The lowest BCUT2D eigenvalue weighted by Crippen LogP contribution is -2.33. The fourth-order valence-electron chi connectivity index (χ4n) is 3.02. The number of amides is 1. The predicted octanol–water partition coefficient (Wildman–Crippen LogP) is 4.02. The van der Waals surface area contributed by atoms with Gasteiger partial charge in [-0.1, -0.05) is 50.5 Å². The molecule has 0 unspecified atom stereocenters. The maximum Gasteiger partial charge on any atom is 0.289 e. The number of benzene rings is 2. The van der Waals surface area contributed by atoms with Gasteiger partial charge in [0.1, 0.15) is 0 Å². The molecule has 0 spiro atoms. The first-order chi connectivity index (χ1) is 14.2. The van der Waals surface area contributed by atoms with Crippen LogP contribution in [0, 0.1) is 10.1 Å². The molecule has 0 bridgehead atoms. The Hall–Kier alpha value is -2.94. The minimum absolute atomic E-state index is 0.0905. The summed E-state index contributed by atoms with van der Waals surface area (Å²) in [5.41, 5.74) is 0.499. The molecular formula is C21H27N3O5S. The van der Waals surface area contributed by atoms with Gasteiger partial charge >= 0.3 is 0 Å². The first-order valence-corrected chi connectivity index (χ1v) is 11.4. The zero-order chi connectivity index (χ0) is 22.1. The summed E-state index contributed by atoms with van der Waals surface area (Å²) in [6.45, 7) is 4.11. The van der Waals surface area contributed by atoms with E-state index >= 15 is 0 Å². The standard InChI is InChI=1S/C21H27N3O5S/c1-3-4-5-8-16(2)22-21(25)15-17-11-13-18(14-12-17)23-30(28,29)20-10-7-6-9-19(20)24(26)27/h6-7,9-14,16,23H,3-5,8,15H2,1-2H3,(H,22,25)/t16-/m0/s1. The largest absolute Gasteiger partial charge is 0.353 e. The molecule has 30 heavy (non-hydrogen) atoms. The van der Waals surface area contributed by atoms with Crippen molar-refractivity contribution in [2.75, 3.05) is 4.72 Å². The highest BCUT2D eigenvalue weighted by atomic mass is 32.2. The Labute approximate surface area is 176 Å². The first kappa shape index (κ1) is 23.3. The van der Waals surface area contributed by atoms with Crippen molar-refractivity contribution in [2.24, 2.45) is 0 Å². The van der Waals surface area contributed by atoms with Gasteiger partial charge in [0.25, 0.3) is 15.7 Å². The SMILES string of the molecule is CCCCC[C@H](C)NC(=O)Cc1ccc(NS(=O)(=O)c2ccccc2[N+](=O)[O-])cc1. The highest BCUT2D eigenvalue weighted by Crippen LogP contribution is 2.25. The van der Waals surface area contributed by atoms with E-state index in [1.54, 1.807) is 12.1 Å². The third-order valence-corrected chi connectivity index (χ3v) is 6.00. The monoisotopic (exact) mass is 433 g/mol. The van der Waals surface area contributed by atoms with Crippen molar-refractivity contribution in [1.82, 2.24) is 5.32 Å². The molecule has 0 saturated carbocycles. The Morgan fingerprint density at radius 1 is 1.10 bits per heavy atom. The zero-order valence-electron chi connectivity index (χ0n) is 17.1. The molecule has 8 nitrogen and oxygen atoms in total. The molecule has 0 fully saturated rings. The Morgan fingerprint density at radius 3 is 2.40 bits per heavy atom. The average molecular weight is 434 g/mol. The van der Waals surface area contributed by atoms with E-state index in [1.807, 2.05) is 6.92 Å². The quantitative estimate of drug-likeness (QED) is 0.315. The number of hydrogen-bond acceptors (Lipinski definition) is 5. The molecule has 2 rings (SSSR count). The Balaban J connectivity index is 1.99. The summed E-state index contributed by atoms with van der Waals surface area (Å²) < 4.78 is 27.4. The molecule has 9 heteroatoms. The average Bonchev–Trinajstić information content (AvgIpc) is 2.69. The minimum atomic E-state index is -4.12. The fourth-order valence-corrected chi connectivity index (χ4v) is 4.25. The molecule has 2 N–H and O–H groups in total. The number of anilines is 1. The topological polar surface area (TPSA) is 118 Å². The van der Waals surface area contributed by atoms with Gasteiger partial charge in [0, 0.05) is 17.8 Å². The van der Waals surface area contributed by atoms with E-state index in [2.05, 4.69) is 17.0 Å². The number of sulfonamides is 1. The van der Waals surface area contributed by atoms with Crippen LogP contribution in [0.15, 0.2) is 53.4 Å². The maximum atomic E-state index is 12.5. The highest BCUT2D eigenvalue weighted by Gasteiger charge is 2.25. The van der Waals surface area contributed by atoms with Gasteiger partial charge in [0.05, 0.1) is 11.3 Å². The molecule has 0 heterocycles. The van der Waals surface area contributed by atoms with Gasteiger partial charge in [-0.3, -0.25) is 19.6 Å². The van der Waals surface area contributed by atoms with Crippen LogP contribution in [0.25, 0.3) is 0 Å². The van der Waals surface area contributed by atoms with Crippen LogP contribution in [0.4, 0.5) is 11.4 Å². The molecule has 0 aliphatic heterocycles. The van der Waals surface area contributed by atoms with Crippen LogP contribution in [0.5, 0.6) is 0 Å². The summed E-state index contributed by atoms with van der Waals surface area (Å²) in [6.07, 6.45) is 4.48. The number of nitrogens with zero attached hydrogens (tertiary/aromatic N) is 1. The molecule has 0 radical (unpaired) electrons. The second kappa shape index (κ2) is 10.7. The number of nitro groups is 1. The molecule has 2 aromatic rings. The van der Waals surface area contributed by atoms with Crippen molar-refractivity contribution >= 4 is 27.3 Å². The third kappa shape index (κ3) is 6.84. The van der Waals surface area contributed by atoms with Crippen LogP contribution < -0.4 is 10.0 Å². The molecule has 0 aliphatic carbocycles. The molecule has 1 atom stereocenters. The van der Waals surface area contributed by atoms with E-state index in [-0.39, 0.29) is 24.1 Å². The smallest absolute Gasteiger partial charge is 0.289 e. The fraction of sp³-hybridized carbons (Fsp3) is 0.381. The van der Waals surface area contributed by atoms with Gasteiger partial charge in [0.2, 0.25) is 5.91 Å². The summed E-state index contributed by atoms with van der Waals surface area (Å²) in [4.78, 5) is 22.1. The summed E-state index contributed by atoms with van der Waals surface area (Å²) in [5, 5.41) is 14.1. The van der Waals surface area contributed by atoms with Crippen LogP contribution in [0.1, 0.15) is 45.1 Å². The second-order valence-corrected chi connectivity index (χ2v) is 8.82. The van der Waals surface area contributed by atoms with Gasteiger partial charge in [0.15, 0.2) is 4.90 Å². The molecule has 2 aromatic carbocycles. The molecule has 0 aliphatic rings. The van der Waals surface area contributed by atoms with Crippen LogP contribution in [-0.2, 0) is 21.2 Å². The van der Waals surface area contributed by atoms with Crippen LogP contribution in [0.2, 0.25) is 0 Å². The van der Waals surface area contributed by atoms with E-state index in [0.29, 0.717) is 0 Å². The van der Waals surface area contributed by atoms with Gasteiger partial charge < -0.3 is 5.32 Å². The Kier molecular flexibility index (Phi) is 8.35. The molecular weight excluding hydrogens is 406 g/mol. The normalized spacial score (nSPS) is 12.2. The summed E-state index contributed by atoms with van der Waals surface area (Å²) in [7, 11) is -4.12. The van der Waals surface area contributed by atoms with Crippen LogP contribution in [0.3, 0.4) is 0 Å². The van der Waals surface area contributed by atoms with Crippen molar-refractivity contribution in [3.8, 4) is 0 Å². The summed E-state index contributed by atoms with van der Waals surface area (Å²) in [5.74, 6) is -0.0905. The van der Waals surface area contributed by atoms with Crippen molar-refractivity contribution in [1.29, 1.82) is 0 Å². The molecule has 0 saturated heterocycles. The number of rotatable bonds is 11. The van der Waals surface area contributed by atoms with Crippen molar-refractivity contribution < 1.29 is 18.1 Å². The summed E-state index contributed by atoms with van der Waals surface area (Å²) in [6, 6.07) is 11.6. The van der Waals surface area contributed by atoms with E-state index in [9.17, 15) is 23.3 Å². The first-order valence-electron chi connectivity index (χ1n) is 9.87. The van der Waals surface area contributed by atoms with E-state index in [1.165, 1.54) is 30.3 Å². The van der Waals surface area contributed by atoms with E-state index in [0.717, 1.165) is 37.3 Å².